The average molecular weight is 547 g/mol. The predicted octanol–water partition coefficient (Wildman–Crippen LogP) is 6.31. The molecule has 0 spiro atoms. The number of aromatic nitrogens is 3. The normalized spacial score (nSPS) is 25.4. The molecule has 2 aliphatic carbocycles. The maximum atomic E-state index is 15.4. The summed E-state index contributed by atoms with van der Waals surface area (Å²) in [6.07, 6.45) is 11.8. The molecule has 3 aliphatic rings. The minimum absolute atomic E-state index is 0.0792. The van der Waals surface area contributed by atoms with Gasteiger partial charge in [0.15, 0.2) is 5.82 Å². The Bertz CT molecular complexity index is 1440. The summed E-state index contributed by atoms with van der Waals surface area (Å²) in [6, 6.07) is 5.37. The van der Waals surface area contributed by atoms with Crippen LogP contribution in [0.1, 0.15) is 65.5 Å². The number of aliphatic imine (C=N–C) groups is 1. The second kappa shape index (κ2) is 11.8. The van der Waals surface area contributed by atoms with Crippen LogP contribution < -0.4 is 15.4 Å². The second-order valence-corrected chi connectivity index (χ2v) is 11.0. The van der Waals surface area contributed by atoms with Gasteiger partial charge in [0.05, 0.1) is 24.0 Å². The van der Waals surface area contributed by atoms with Gasteiger partial charge in [-0.1, -0.05) is 20.8 Å². The smallest absolute Gasteiger partial charge is 0.229 e. The molecule has 3 aromatic heterocycles. The predicted molar refractivity (Wildman–Crippen MR) is 156 cm³/mol. The van der Waals surface area contributed by atoms with E-state index in [1.54, 1.807) is 18.3 Å². The number of aryl methyl sites for hydroxylation is 1. The van der Waals surface area contributed by atoms with Crippen molar-refractivity contribution in [3.63, 3.8) is 0 Å². The molecule has 9 heteroatoms. The molecule has 1 amide bonds. The van der Waals surface area contributed by atoms with E-state index in [2.05, 4.69) is 32.6 Å². The molecule has 0 bridgehead atoms. The summed E-state index contributed by atoms with van der Waals surface area (Å²) in [5.74, 6) is 1.21. The van der Waals surface area contributed by atoms with E-state index in [1.165, 1.54) is 10.7 Å². The van der Waals surface area contributed by atoms with Gasteiger partial charge in [-0.3, -0.25) is 14.8 Å². The number of fused-ring (bicyclic) bond motifs is 1. The highest BCUT2D eigenvalue weighted by Crippen LogP contribution is 2.43. The lowest BCUT2D eigenvalue weighted by Gasteiger charge is -2.27. The van der Waals surface area contributed by atoms with Gasteiger partial charge in [0.25, 0.3) is 0 Å². The van der Waals surface area contributed by atoms with Crippen LogP contribution in [-0.2, 0) is 4.79 Å². The third kappa shape index (κ3) is 6.03. The van der Waals surface area contributed by atoms with Gasteiger partial charge in [0, 0.05) is 47.1 Å². The second-order valence-electron chi connectivity index (χ2n) is 11.0. The van der Waals surface area contributed by atoms with Crippen molar-refractivity contribution >= 4 is 23.5 Å². The number of rotatable bonds is 6. The highest BCUT2D eigenvalue weighted by atomic mass is 19.1. The first-order valence-electron chi connectivity index (χ1n) is 14.4. The van der Waals surface area contributed by atoms with E-state index in [4.69, 9.17) is 4.74 Å². The van der Waals surface area contributed by atoms with E-state index in [1.807, 2.05) is 46.2 Å². The Hall–Kier alpha value is -3.75. The van der Waals surface area contributed by atoms with Crippen molar-refractivity contribution in [1.82, 2.24) is 19.9 Å². The van der Waals surface area contributed by atoms with E-state index >= 15 is 4.39 Å². The van der Waals surface area contributed by atoms with Gasteiger partial charge in [0.2, 0.25) is 5.91 Å². The molecule has 3 unspecified atom stereocenters. The fraction of sp³-hybridized carbons (Fsp3) is 0.484. The first kappa shape index (κ1) is 27.8. The van der Waals surface area contributed by atoms with Crippen LogP contribution in [0.5, 0.6) is 5.75 Å². The zero-order chi connectivity index (χ0) is 28.4. The van der Waals surface area contributed by atoms with Gasteiger partial charge in [0.1, 0.15) is 17.7 Å². The third-order valence-electron chi connectivity index (χ3n) is 7.85. The molecule has 0 radical (unpaired) electrons. The Kier molecular flexibility index (Phi) is 8.19. The van der Waals surface area contributed by atoms with Gasteiger partial charge in [-0.15, -0.1) is 5.10 Å². The number of carbonyl (C=O) groups excluding carboxylic acids is 1. The van der Waals surface area contributed by atoms with Crippen molar-refractivity contribution in [2.45, 2.75) is 79.0 Å². The molecule has 4 heterocycles. The number of carbonyl (C=O) groups is 1. The number of halogens is 1. The molecule has 2 fully saturated rings. The molecule has 6 rings (SSSR count). The number of allylic oxidation sites excluding steroid dienone is 1. The minimum Gasteiger partial charge on any atom is -0.488 e. The molecule has 1 aliphatic heterocycles. The lowest BCUT2D eigenvalue weighted by molar-refractivity contribution is -0.117. The van der Waals surface area contributed by atoms with Crippen LogP contribution in [0.4, 0.5) is 10.2 Å². The molecule has 212 valence electrons. The maximum Gasteiger partial charge on any atom is 0.229 e. The van der Waals surface area contributed by atoms with Crippen molar-refractivity contribution < 1.29 is 13.9 Å². The van der Waals surface area contributed by atoms with Crippen LogP contribution in [0.3, 0.4) is 0 Å². The zero-order valence-corrected chi connectivity index (χ0v) is 23.9. The van der Waals surface area contributed by atoms with Crippen LogP contribution in [0, 0.1) is 30.5 Å². The number of amides is 1. The zero-order valence-electron chi connectivity index (χ0n) is 23.9. The molecule has 2 N–H and O–H groups in total. The number of pyridine rings is 2. The van der Waals surface area contributed by atoms with Crippen molar-refractivity contribution in [3.8, 4) is 16.9 Å². The number of nitrogens with zero attached hydrogens (tertiary/aromatic N) is 4. The van der Waals surface area contributed by atoms with Gasteiger partial charge in [-0.25, -0.2) is 8.91 Å². The standard InChI is InChI=1S/C29H33FN6O2.C2H6/c1-16-4-6-20(7-5-16)38-26-14-31-18(3)8-22(26)21-9-19-10-27(35-36(19)15-25(21)30)34-29(37)24-11-23(24)28-32-12-17(2)13-33-28;1-2/h8-10,12-16,20,23-24,28,32H,4-7,11H2,1-3H3,(H,34,35,37);1-2H3. The van der Waals surface area contributed by atoms with Gasteiger partial charge >= 0.3 is 0 Å². The highest BCUT2D eigenvalue weighted by molar-refractivity contribution is 5.94. The SMILES string of the molecule is CC.CC1=CNC(C2CC2C(=O)Nc2cc3cc(-c4cc(C)ncc4OC4CCC(C)CC4)c(F)cn3n2)N=C1. The first-order chi connectivity index (χ1) is 19.3. The quantitative estimate of drug-likeness (QED) is 0.378. The largest absolute Gasteiger partial charge is 0.488 e. The number of hydrogen-bond donors (Lipinski definition) is 2. The number of nitrogens with one attached hydrogen (secondary N) is 2. The molecule has 0 saturated heterocycles. The molecule has 3 atom stereocenters. The third-order valence-corrected chi connectivity index (χ3v) is 7.85. The topological polar surface area (TPSA) is 92.9 Å². The van der Waals surface area contributed by atoms with E-state index < -0.39 is 5.82 Å². The summed E-state index contributed by atoms with van der Waals surface area (Å²) < 4.78 is 23.2. The summed E-state index contributed by atoms with van der Waals surface area (Å²) in [4.78, 5) is 21.8. The molecule has 40 heavy (non-hydrogen) atoms. The van der Waals surface area contributed by atoms with Crippen LogP contribution >= 0.6 is 0 Å². The molecule has 3 aromatic rings. The van der Waals surface area contributed by atoms with Crippen LogP contribution in [0.15, 0.2) is 47.4 Å². The summed E-state index contributed by atoms with van der Waals surface area (Å²) in [5.41, 5.74) is 3.62. The summed E-state index contributed by atoms with van der Waals surface area (Å²) in [7, 11) is 0. The monoisotopic (exact) mass is 546 g/mol. The number of ether oxygens (including phenoxy) is 1. The Morgan fingerprint density at radius 1 is 1.12 bits per heavy atom. The molecular formula is C31H39FN6O2. The van der Waals surface area contributed by atoms with E-state index in [-0.39, 0.29) is 30.0 Å². The van der Waals surface area contributed by atoms with Crippen LogP contribution in [0.25, 0.3) is 16.6 Å². The van der Waals surface area contributed by atoms with Crippen molar-refractivity contribution in [3.05, 3.63) is 53.9 Å². The first-order valence-corrected chi connectivity index (χ1v) is 14.4. The fourth-order valence-corrected chi connectivity index (χ4v) is 5.47. The Balaban J connectivity index is 0.00000158. The van der Waals surface area contributed by atoms with Gasteiger partial charge in [-0.2, -0.15) is 0 Å². The fourth-order valence-electron chi connectivity index (χ4n) is 5.47. The van der Waals surface area contributed by atoms with E-state index in [0.717, 1.165) is 43.4 Å². The van der Waals surface area contributed by atoms with Gasteiger partial charge < -0.3 is 15.4 Å². The maximum absolute atomic E-state index is 15.4. The van der Waals surface area contributed by atoms with Crippen molar-refractivity contribution in [2.24, 2.45) is 22.7 Å². The highest BCUT2D eigenvalue weighted by Gasteiger charge is 2.48. The number of anilines is 1. The molecule has 2 saturated carbocycles. The lowest BCUT2D eigenvalue weighted by Crippen LogP contribution is -2.30. The van der Waals surface area contributed by atoms with Crippen LogP contribution in [-0.4, -0.2) is 39.0 Å². The molecule has 8 nitrogen and oxygen atoms in total. The Morgan fingerprint density at radius 2 is 1.90 bits per heavy atom. The Labute approximate surface area is 235 Å². The van der Waals surface area contributed by atoms with E-state index in [0.29, 0.717) is 34.1 Å². The summed E-state index contributed by atoms with van der Waals surface area (Å²) in [6.45, 7) is 10.1. The Morgan fingerprint density at radius 3 is 2.62 bits per heavy atom. The molecular weight excluding hydrogens is 507 g/mol. The van der Waals surface area contributed by atoms with Crippen molar-refractivity contribution in [2.75, 3.05) is 5.32 Å². The van der Waals surface area contributed by atoms with E-state index in [9.17, 15) is 4.79 Å². The molecule has 0 aromatic carbocycles. The lowest BCUT2D eigenvalue weighted by atomic mass is 9.89. The van der Waals surface area contributed by atoms with Gasteiger partial charge in [-0.05, 0) is 69.6 Å². The summed E-state index contributed by atoms with van der Waals surface area (Å²) in [5, 5.41) is 10.5. The van der Waals surface area contributed by atoms with Crippen molar-refractivity contribution in [1.29, 1.82) is 0 Å². The summed E-state index contributed by atoms with van der Waals surface area (Å²) >= 11 is 0. The average Bonchev–Trinajstić information content (AvgIpc) is 3.66. The minimum atomic E-state index is -0.418. The van der Waals surface area contributed by atoms with Crippen LogP contribution in [0.2, 0.25) is 0 Å². The number of hydrogen-bond acceptors (Lipinski definition) is 6.